The summed E-state index contributed by atoms with van der Waals surface area (Å²) in [4.78, 5) is 16.2. The highest BCUT2D eigenvalue weighted by molar-refractivity contribution is 9.10. The molecule has 0 saturated carbocycles. The first-order chi connectivity index (χ1) is 12.2. The number of rotatable bonds is 7. The molecule has 0 saturated heterocycles. The van der Waals surface area contributed by atoms with E-state index in [1.165, 1.54) is 4.88 Å². The summed E-state index contributed by atoms with van der Waals surface area (Å²) in [5.74, 6) is 1.36. The molecule has 1 amide bonds. The number of nitrogens with zero attached hydrogens (tertiary/aromatic N) is 1. The number of methoxy groups -OCH3 is 1. The van der Waals surface area contributed by atoms with E-state index in [9.17, 15) is 4.79 Å². The van der Waals surface area contributed by atoms with Crippen molar-refractivity contribution in [2.24, 2.45) is 0 Å². The highest BCUT2D eigenvalue weighted by Crippen LogP contribution is 2.25. The highest BCUT2D eigenvalue weighted by atomic mass is 79.9. The van der Waals surface area contributed by atoms with Crippen molar-refractivity contribution in [2.75, 3.05) is 13.7 Å². The van der Waals surface area contributed by atoms with Gasteiger partial charge in [-0.05, 0) is 64.1 Å². The fourth-order valence-electron chi connectivity index (χ4n) is 2.51. The number of carbonyl (C=O) groups is 1. The van der Waals surface area contributed by atoms with Crippen molar-refractivity contribution >= 4 is 33.2 Å². The molecule has 0 N–H and O–H groups in total. The molecule has 4 nitrogen and oxygen atoms in total. The predicted octanol–water partition coefficient (Wildman–Crippen LogP) is 5.00. The SMILES string of the molecule is COc1ccc(Br)c(C(=O)N(CCc2cccs2)Cc2ccco2)c1. The quantitative estimate of drug-likeness (QED) is 0.541. The lowest BCUT2D eigenvalue weighted by Gasteiger charge is -2.22. The van der Waals surface area contributed by atoms with Crippen molar-refractivity contribution in [3.63, 3.8) is 0 Å². The molecule has 2 aromatic heterocycles. The van der Waals surface area contributed by atoms with Gasteiger partial charge >= 0.3 is 0 Å². The molecule has 1 aromatic carbocycles. The van der Waals surface area contributed by atoms with Crippen molar-refractivity contribution < 1.29 is 13.9 Å². The first-order valence-corrected chi connectivity index (χ1v) is 9.52. The van der Waals surface area contributed by atoms with E-state index < -0.39 is 0 Å². The van der Waals surface area contributed by atoms with Crippen LogP contribution in [0, 0.1) is 0 Å². The molecule has 0 spiro atoms. The van der Waals surface area contributed by atoms with Crippen LogP contribution in [-0.4, -0.2) is 24.5 Å². The van der Waals surface area contributed by atoms with E-state index >= 15 is 0 Å². The Morgan fingerprint density at radius 1 is 1.28 bits per heavy atom. The fourth-order valence-corrected chi connectivity index (χ4v) is 3.62. The lowest BCUT2D eigenvalue weighted by atomic mass is 10.1. The van der Waals surface area contributed by atoms with Gasteiger partial charge in [0, 0.05) is 15.9 Å². The van der Waals surface area contributed by atoms with E-state index in [-0.39, 0.29) is 5.91 Å². The van der Waals surface area contributed by atoms with Gasteiger partial charge in [-0.15, -0.1) is 11.3 Å². The van der Waals surface area contributed by atoms with Gasteiger partial charge < -0.3 is 14.1 Å². The third-order valence-corrected chi connectivity index (χ3v) is 5.45. The van der Waals surface area contributed by atoms with Crippen molar-refractivity contribution in [1.29, 1.82) is 0 Å². The number of halogens is 1. The van der Waals surface area contributed by atoms with Gasteiger partial charge in [-0.3, -0.25) is 4.79 Å². The van der Waals surface area contributed by atoms with Gasteiger partial charge in [0.1, 0.15) is 11.5 Å². The van der Waals surface area contributed by atoms with Crippen LogP contribution < -0.4 is 4.74 Å². The molecule has 0 radical (unpaired) electrons. The number of amides is 1. The van der Waals surface area contributed by atoms with Gasteiger partial charge in [0.2, 0.25) is 0 Å². The number of hydrogen-bond acceptors (Lipinski definition) is 4. The van der Waals surface area contributed by atoms with Crippen LogP contribution >= 0.6 is 27.3 Å². The fraction of sp³-hybridized carbons (Fsp3) is 0.211. The maximum absolute atomic E-state index is 13.1. The molecule has 3 aromatic rings. The molecule has 0 aliphatic heterocycles. The summed E-state index contributed by atoms with van der Waals surface area (Å²) in [6.07, 6.45) is 2.43. The van der Waals surface area contributed by atoms with Crippen LogP contribution in [0.2, 0.25) is 0 Å². The first kappa shape index (κ1) is 17.8. The summed E-state index contributed by atoms with van der Waals surface area (Å²) in [6, 6.07) is 13.2. The number of carbonyl (C=O) groups excluding carboxylic acids is 1. The Kier molecular flexibility index (Phi) is 5.94. The van der Waals surface area contributed by atoms with Crippen molar-refractivity contribution in [1.82, 2.24) is 4.90 Å². The van der Waals surface area contributed by atoms with Crippen molar-refractivity contribution in [2.45, 2.75) is 13.0 Å². The average molecular weight is 420 g/mol. The molecule has 0 fully saturated rings. The standard InChI is InChI=1S/C19H18BrNO3S/c1-23-14-6-7-18(20)17(12-14)19(22)21(13-15-4-2-10-24-15)9-8-16-5-3-11-25-16/h2-7,10-12H,8-9,13H2,1H3. The third kappa shape index (κ3) is 4.52. The van der Waals surface area contributed by atoms with Crippen LogP contribution in [-0.2, 0) is 13.0 Å². The second kappa shape index (κ2) is 8.36. The van der Waals surface area contributed by atoms with E-state index in [0.717, 1.165) is 16.7 Å². The number of thiophene rings is 1. The zero-order valence-corrected chi connectivity index (χ0v) is 16.2. The molecular weight excluding hydrogens is 402 g/mol. The number of benzene rings is 1. The second-order valence-corrected chi connectivity index (χ2v) is 7.37. The van der Waals surface area contributed by atoms with Crippen LogP contribution in [0.3, 0.4) is 0 Å². The lowest BCUT2D eigenvalue weighted by Crippen LogP contribution is -2.32. The Hall–Kier alpha value is -2.05. The van der Waals surface area contributed by atoms with Crippen LogP contribution in [0.1, 0.15) is 21.0 Å². The van der Waals surface area contributed by atoms with Crippen molar-refractivity contribution in [3.8, 4) is 5.75 Å². The molecule has 0 aliphatic carbocycles. The zero-order valence-electron chi connectivity index (χ0n) is 13.8. The smallest absolute Gasteiger partial charge is 0.255 e. The summed E-state index contributed by atoms with van der Waals surface area (Å²) >= 11 is 5.17. The van der Waals surface area contributed by atoms with Crippen LogP contribution in [0.4, 0.5) is 0 Å². The molecular formula is C19H18BrNO3S. The van der Waals surface area contributed by atoms with Gasteiger partial charge in [0.05, 0.1) is 25.5 Å². The number of furan rings is 1. The molecule has 0 unspecified atom stereocenters. The summed E-state index contributed by atoms with van der Waals surface area (Å²) < 4.78 is 11.4. The third-order valence-electron chi connectivity index (χ3n) is 3.83. The topological polar surface area (TPSA) is 42.7 Å². The lowest BCUT2D eigenvalue weighted by molar-refractivity contribution is 0.0732. The minimum absolute atomic E-state index is 0.0567. The highest BCUT2D eigenvalue weighted by Gasteiger charge is 2.20. The van der Waals surface area contributed by atoms with Gasteiger partial charge in [-0.25, -0.2) is 0 Å². The number of hydrogen-bond donors (Lipinski definition) is 0. The Morgan fingerprint density at radius 2 is 2.16 bits per heavy atom. The molecule has 6 heteroatoms. The Morgan fingerprint density at radius 3 is 2.84 bits per heavy atom. The molecule has 130 valence electrons. The van der Waals surface area contributed by atoms with E-state index in [0.29, 0.717) is 24.4 Å². The minimum atomic E-state index is -0.0567. The van der Waals surface area contributed by atoms with Crippen LogP contribution in [0.25, 0.3) is 0 Å². The van der Waals surface area contributed by atoms with Gasteiger partial charge in [0.25, 0.3) is 5.91 Å². The van der Waals surface area contributed by atoms with E-state index in [1.54, 1.807) is 35.7 Å². The molecule has 0 bridgehead atoms. The molecule has 2 heterocycles. The summed E-state index contributed by atoms with van der Waals surface area (Å²) in [5.41, 5.74) is 0.581. The molecule has 0 atom stereocenters. The second-order valence-electron chi connectivity index (χ2n) is 5.48. The summed E-state index contributed by atoms with van der Waals surface area (Å²) in [6.45, 7) is 1.05. The molecule has 3 rings (SSSR count). The van der Waals surface area contributed by atoms with Gasteiger partial charge in [-0.1, -0.05) is 6.07 Å². The minimum Gasteiger partial charge on any atom is -0.497 e. The Bertz CT molecular complexity index is 815. The normalized spacial score (nSPS) is 10.6. The first-order valence-electron chi connectivity index (χ1n) is 7.85. The summed E-state index contributed by atoms with van der Waals surface area (Å²) in [5, 5.41) is 2.05. The maximum Gasteiger partial charge on any atom is 0.255 e. The maximum atomic E-state index is 13.1. The van der Waals surface area contributed by atoms with Gasteiger partial charge in [0.15, 0.2) is 0 Å². The van der Waals surface area contributed by atoms with Crippen molar-refractivity contribution in [3.05, 3.63) is 74.8 Å². The summed E-state index contributed by atoms with van der Waals surface area (Å²) in [7, 11) is 1.59. The van der Waals surface area contributed by atoms with Crippen LogP contribution in [0.15, 0.2) is 63.0 Å². The van der Waals surface area contributed by atoms with E-state index in [4.69, 9.17) is 9.15 Å². The zero-order chi connectivity index (χ0) is 17.6. The average Bonchev–Trinajstić information content (AvgIpc) is 3.32. The molecule has 25 heavy (non-hydrogen) atoms. The monoisotopic (exact) mass is 419 g/mol. The van der Waals surface area contributed by atoms with E-state index in [2.05, 4.69) is 22.0 Å². The largest absolute Gasteiger partial charge is 0.497 e. The Labute approximate surface area is 159 Å². The van der Waals surface area contributed by atoms with Gasteiger partial charge in [-0.2, -0.15) is 0 Å². The Balaban J connectivity index is 1.83. The predicted molar refractivity (Wildman–Crippen MR) is 102 cm³/mol. The van der Waals surface area contributed by atoms with E-state index in [1.807, 2.05) is 35.7 Å². The molecule has 0 aliphatic rings. The number of ether oxygens (including phenoxy) is 1. The van der Waals surface area contributed by atoms with Crippen LogP contribution in [0.5, 0.6) is 5.75 Å².